The molecule has 5 heteroatoms. The first-order valence-electron chi connectivity index (χ1n) is 4.55. The first kappa shape index (κ1) is 11.3. The van der Waals surface area contributed by atoms with Gasteiger partial charge in [-0.05, 0) is 13.8 Å². The molecule has 0 spiro atoms. The standard InChI is InChI=1S/C9H15N3OS/c1-9(2,4-10)5-11-8(13)7-3-14-6-12-7/h7,12H,3,5-6H2,1-2H3,(H,11,13). The highest BCUT2D eigenvalue weighted by molar-refractivity contribution is 7.99. The first-order valence-corrected chi connectivity index (χ1v) is 5.71. The summed E-state index contributed by atoms with van der Waals surface area (Å²) in [6.07, 6.45) is 0. The Labute approximate surface area is 88.4 Å². The molecule has 1 atom stereocenters. The molecule has 4 nitrogen and oxygen atoms in total. The van der Waals surface area contributed by atoms with Crippen molar-refractivity contribution in [3.63, 3.8) is 0 Å². The molecule has 1 amide bonds. The Hall–Kier alpha value is -0.730. The van der Waals surface area contributed by atoms with Crippen molar-refractivity contribution in [1.82, 2.24) is 10.6 Å². The number of nitrogens with zero attached hydrogens (tertiary/aromatic N) is 1. The molecular weight excluding hydrogens is 198 g/mol. The average molecular weight is 213 g/mol. The molecule has 1 unspecified atom stereocenters. The summed E-state index contributed by atoms with van der Waals surface area (Å²) in [5, 5.41) is 14.6. The summed E-state index contributed by atoms with van der Waals surface area (Å²) < 4.78 is 0. The summed E-state index contributed by atoms with van der Waals surface area (Å²) in [5.74, 6) is 1.65. The number of hydrogen-bond donors (Lipinski definition) is 2. The number of carbonyl (C=O) groups is 1. The lowest BCUT2D eigenvalue weighted by atomic mass is 9.96. The van der Waals surface area contributed by atoms with Crippen molar-refractivity contribution < 1.29 is 4.79 Å². The van der Waals surface area contributed by atoms with Gasteiger partial charge in [0, 0.05) is 18.2 Å². The average Bonchev–Trinajstić information content (AvgIpc) is 2.67. The summed E-state index contributed by atoms with van der Waals surface area (Å²) >= 11 is 1.71. The van der Waals surface area contributed by atoms with E-state index in [1.165, 1.54) is 0 Å². The van der Waals surface area contributed by atoms with Crippen LogP contribution in [0.2, 0.25) is 0 Å². The molecule has 0 aromatic carbocycles. The molecule has 1 aliphatic rings. The second kappa shape index (κ2) is 4.67. The fourth-order valence-electron chi connectivity index (χ4n) is 1.03. The molecule has 0 saturated carbocycles. The van der Waals surface area contributed by atoms with Gasteiger partial charge in [0.2, 0.25) is 5.91 Å². The maximum atomic E-state index is 11.5. The first-order chi connectivity index (χ1) is 6.55. The Kier molecular flexibility index (Phi) is 3.78. The lowest BCUT2D eigenvalue weighted by Crippen LogP contribution is -2.44. The fourth-order valence-corrected chi connectivity index (χ4v) is 1.98. The van der Waals surface area contributed by atoms with Crippen molar-refractivity contribution in [2.24, 2.45) is 5.41 Å². The molecule has 1 saturated heterocycles. The van der Waals surface area contributed by atoms with Crippen LogP contribution >= 0.6 is 11.8 Å². The van der Waals surface area contributed by atoms with E-state index >= 15 is 0 Å². The summed E-state index contributed by atoms with van der Waals surface area (Å²) in [6.45, 7) is 4.03. The van der Waals surface area contributed by atoms with Crippen LogP contribution in [-0.2, 0) is 4.79 Å². The molecule has 0 radical (unpaired) electrons. The SMILES string of the molecule is CC(C)(C#N)CNC(=O)C1CSCN1. The summed E-state index contributed by atoms with van der Waals surface area (Å²) in [6, 6.07) is 2.06. The van der Waals surface area contributed by atoms with E-state index < -0.39 is 5.41 Å². The third-order valence-electron chi connectivity index (χ3n) is 2.04. The summed E-state index contributed by atoms with van der Waals surface area (Å²) in [5.41, 5.74) is -0.485. The summed E-state index contributed by atoms with van der Waals surface area (Å²) in [4.78, 5) is 11.5. The Balaban J connectivity index is 2.31. The highest BCUT2D eigenvalue weighted by Gasteiger charge is 2.24. The highest BCUT2D eigenvalue weighted by atomic mass is 32.2. The number of hydrogen-bond acceptors (Lipinski definition) is 4. The molecule has 1 aliphatic heterocycles. The van der Waals surface area contributed by atoms with Crippen LogP contribution in [0.15, 0.2) is 0 Å². The zero-order valence-electron chi connectivity index (χ0n) is 8.46. The lowest BCUT2D eigenvalue weighted by Gasteiger charge is -2.17. The van der Waals surface area contributed by atoms with E-state index in [9.17, 15) is 4.79 Å². The number of thioether (sulfide) groups is 1. The van der Waals surface area contributed by atoms with Crippen LogP contribution in [0, 0.1) is 16.7 Å². The molecule has 78 valence electrons. The monoisotopic (exact) mass is 213 g/mol. The molecule has 0 bridgehead atoms. The third kappa shape index (κ3) is 3.20. The zero-order chi connectivity index (χ0) is 10.6. The molecule has 0 aromatic heterocycles. The minimum atomic E-state index is -0.485. The van der Waals surface area contributed by atoms with Crippen LogP contribution in [-0.4, -0.2) is 30.1 Å². The van der Waals surface area contributed by atoms with Crippen LogP contribution in [0.1, 0.15) is 13.8 Å². The van der Waals surface area contributed by atoms with Gasteiger partial charge in [-0.1, -0.05) is 0 Å². The predicted molar refractivity (Wildman–Crippen MR) is 56.7 cm³/mol. The van der Waals surface area contributed by atoms with Gasteiger partial charge in [0.25, 0.3) is 0 Å². The number of carbonyl (C=O) groups excluding carboxylic acids is 1. The molecule has 0 aliphatic carbocycles. The number of amides is 1. The largest absolute Gasteiger partial charge is 0.353 e. The molecule has 2 N–H and O–H groups in total. The molecular formula is C9H15N3OS. The Morgan fingerprint density at radius 2 is 2.50 bits per heavy atom. The minimum absolute atomic E-state index is 0.00155. The number of rotatable bonds is 3. The van der Waals surface area contributed by atoms with E-state index in [2.05, 4.69) is 16.7 Å². The number of nitriles is 1. The topological polar surface area (TPSA) is 64.9 Å². The number of nitrogens with one attached hydrogen (secondary N) is 2. The maximum Gasteiger partial charge on any atom is 0.238 e. The van der Waals surface area contributed by atoms with Crippen molar-refractivity contribution in [3.8, 4) is 6.07 Å². The van der Waals surface area contributed by atoms with Gasteiger partial charge in [-0.3, -0.25) is 10.1 Å². The van der Waals surface area contributed by atoms with Gasteiger partial charge in [0.15, 0.2) is 0 Å². The van der Waals surface area contributed by atoms with Gasteiger partial charge in [0.1, 0.15) is 0 Å². The highest BCUT2D eigenvalue weighted by Crippen LogP contribution is 2.12. The van der Waals surface area contributed by atoms with Gasteiger partial charge in [-0.2, -0.15) is 5.26 Å². The van der Waals surface area contributed by atoms with Crippen molar-refractivity contribution in [3.05, 3.63) is 0 Å². The minimum Gasteiger partial charge on any atom is -0.353 e. The van der Waals surface area contributed by atoms with E-state index in [1.54, 1.807) is 11.8 Å². The van der Waals surface area contributed by atoms with Crippen LogP contribution in [0.3, 0.4) is 0 Å². The van der Waals surface area contributed by atoms with E-state index in [0.29, 0.717) is 6.54 Å². The normalized spacial score (nSPS) is 21.6. The van der Waals surface area contributed by atoms with Crippen LogP contribution < -0.4 is 10.6 Å². The Bertz CT molecular complexity index is 253. The lowest BCUT2D eigenvalue weighted by molar-refractivity contribution is -0.122. The molecule has 1 fully saturated rings. The summed E-state index contributed by atoms with van der Waals surface area (Å²) in [7, 11) is 0. The van der Waals surface area contributed by atoms with E-state index in [-0.39, 0.29) is 11.9 Å². The van der Waals surface area contributed by atoms with Gasteiger partial charge in [-0.25, -0.2) is 0 Å². The predicted octanol–water partition coefficient (Wildman–Crippen LogP) is 0.315. The van der Waals surface area contributed by atoms with Crippen molar-refractivity contribution in [2.75, 3.05) is 18.2 Å². The van der Waals surface area contributed by atoms with Gasteiger partial charge in [0.05, 0.1) is 17.5 Å². The van der Waals surface area contributed by atoms with Crippen molar-refractivity contribution in [2.45, 2.75) is 19.9 Å². The second-order valence-corrected chi connectivity index (χ2v) is 5.02. The molecule has 14 heavy (non-hydrogen) atoms. The van der Waals surface area contributed by atoms with Crippen molar-refractivity contribution in [1.29, 1.82) is 5.26 Å². The smallest absolute Gasteiger partial charge is 0.238 e. The van der Waals surface area contributed by atoms with Gasteiger partial charge < -0.3 is 5.32 Å². The van der Waals surface area contributed by atoms with E-state index in [0.717, 1.165) is 11.6 Å². The molecule has 0 aromatic rings. The molecule has 1 heterocycles. The van der Waals surface area contributed by atoms with E-state index in [4.69, 9.17) is 5.26 Å². The van der Waals surface area contributed by atoms with Crippen molar-refractivity contribution >= 4 is 17.7 Å². The van der Waals surface area contributed by atoms with E-state index in [1.807, 2.05) is 13.8 Å². The van der Waals surface area contributed by atoms with Crippen LogP contribution in [0.25, 0.3) is 0 Å². The van der Waals surface area contributed by atoms with Crippen LogP contribution in [0.4, 0.5) is 0 Å². The van der Waals surface area contributed by atoms with Crippen LogP contribution in [0.5, 0.6) is 0 Å². The van der Waals surface area contributed by atoms with Gasteiger partial charge >= 0.3 is 0 Å². The Morgan fingerprint density at radius 3 is 3.00 bits per heavy atom. The fraction of sp³-hybridized carbons (Fsp3) is 0.778. The van der Waals surface area contributed by atoms with Gasteiger partial charge in [-0.15, -0.1) is 11.8 Å². The second-order valence-electron chi connectivity index (χ2n) is 3.99. The quantitative estimate of drug-likeness (QED) is 0.708. The zero-order valence-corrected chi connectivity index (χ0v) is 9.28. The molecule has 1 rings (SSSR count). The Morgan fingerprint density at radius 1 is 1.79 bits per heavy atom. The maximum absolute atomic E-state index is 11.5. The third-order valence-corrected chi connectivity index (χ3v) is 2.98.